The lowest BCUT2D eigenvalue weighted by Gasteiger charge is -2.23. The van der Waals surface area contributed by atoms with Crippen molar-refractivity contribution in [1.29, 1.82) is 0 Å². The number of hydrogen-bond donors (Lipinski definition) is 2. The third-order valence-corrected chi connectivity index (χ3v) is 6.12. The quantitative estimate of drug-likeness (QED) is 0.606. The van der Waals surface area contributed by atoms with Crippen LogP contribution >= 0.6 is 0 Å². The van der Waals surface area contributed by atoms with E-state index in [-0.39, 0.29) is 12.3 Å². The van der Waals surface area contributed by atoms with Crippen LogP contribution in [0, 0.1) is 0 Å². The molecule has 3 N–H and O–H groups in total. The zero-order valence-electron chi connectivity index (χ0n) is 12.3. The molecule has 1 fully saturated rings. The van der Waals surface area contributed by atoms with E-state index in [9.17, 15) is 8.42 Å². The van der Waals surface area contributed by atoms with Gasteiger partial charge in [-0.3, -0.25) is 4.99 Å². The van der Waals surface area contributed by atoms with Gasteiger partial charge in [0.25, 0.3) is 0 Å². The normalized spacial score (nSPS) is 19.4. The van der Waals surface area contributed by atoms with Gasteiger partial charge in [0.05, 0.1) is 17.0 Å². The van der Waals surface area contributed by atoms with Crippen molar-refractivity contribution in [2.24, 2.45) is 10.7 Å². The van der Waals surface area contributed by atoms with Crippen molar-refractivity contribution < 1.29 is 8.42 Å². The highest BCUT2D eigenvalue weighted by molar-refractivity contribution is 7.92. The van der Waals surface area contributed by atoms with Crippen molar-refractivity contribution in [2.75, 3.05) is 12.3 Å². The van der Waals surface area contributed by atoms with Gasteiger partial charge in [0.1, 0.15) is 0 Å². The molecular formula is C13H27N3O2S. The standard InChI is InChI=1S/C13H27N3O2S/c1-13(2,3)19(17,18)10-9-15-12(14)16-11-7-5-4-6-8-11/h11H,4-10H2,1-3H3,(H3,14,15,16). The molecule has 0 spiro atoms. The maximum atomic E-state index is 11.9. The van der Waals surface area contributed by atoms with Gasteiger partial charge in [-0.25, -0.2) is 8.42 Å². The van der Waals surface area contributed by atoms with E-state index in [0.717, 1.165) is 12.8 Å². The smallest absolute Gasteiger partial charge is 0.188 e. The first-order chi connectivity index (χ1) is 8.72. The summed E-state index contributed by atoms with van der Waals surface area (Å²) in [4.78, 5) is 4.12. The molecule has 0 aliphatic heterocycles. The molecule has 0 aromatic rings. The first kappa shape index (κ1) is 16.3. The molecule has 1 rings (SSSR count). The van der Waals surface area contributed by atoms with Gasteiger partial charge in [0.15, 0.2) is 15.8 Å². The topological polar surface area (TPSA) is 84.5 Å². The van der Waals surface area contributed by atoms with Gasteiger partial charge in [-0.1, -0.05) is 19.3 Å². The molecule has 19 heavy (non-hydrogen) atoms. The minimum atomic E-state index is -3.12. The van der Waals surface area contributed by atoms with Crippen molar-refractivity contribution in [3.63, 3.8) is 0 Å². The Morgan fingerprint density at radius 3 is 2.37 bits per heavy atom. The van der Waals surface area contributed by atoms with Gasteiger partial charge in [0.2, 0.25) is 0 Å². The van der Waals surface area contributed by atoms with Crippen LogP contribution in [0.5, 0.6) is 0 Å². The fraction of sp³-hybridized carbons (Fsp3) is 0.923. The Bertz CT molecular complexity index is 404. The Morgan fingerprint density at radius 2 is 1.84 bits per heavy atom. The highest BCUT2D eigenvalue weighted by atomic mass is 32.2. The van der Waals surface area contributed by atoms with Crippen LogP contribution in [0.25, 0.3) is 0 Å². The highest BCUT2D eigenvalue weighted by Crippen LogP contribution is 2.17. The Labute approximate surface area is 117 Å². The van der Waals surface area contributed by atoms with Crippen LogP contribution in [0.1, 0.15) is 52.9 Å². The molecule has 0 amide bonds. The molecule has 0 aromatic carbocycles. The van der Waals surface area contributed by atoms with Crippen LogP contribution in [-0.2, 0) is 9.84 Å². The molecule has 0 saturated heterocycles. The maximum absolute atomic E-state index is 11.9. The maximum Gasteiger partial charge on any atom is 0.188 e. The second-order valence-electron chi connectivity index (χ2n) is 6.18. The van der Waals surface area contributed by atoms with Crippen molar-refractivity contribution in [2.45, 2.75) is 63.7 Å². The summed E-state index contributed by atoms with van der Waals surface area (Å²) in [5.74, 6) is 0.416. The third kappa shape index (κ3) is 5.38. The van der Waals surface area contributed by atoms with Crippen LogP contribution < -0.4 is 11.1 Å². The number of nitrogens with two attached hydrogens (primary N) is 1. The molecule has 5 nitrogen and oxygen atoms in total. The number of nitrogens with one attached hydrogen (secondary N) is 1. The molecule has 112 valence electrons. The summed E-state index contributed by atoms with van der Waals surface area (Å²) in [7, 11) is -3.12. The van der Waals surface area contributed by atoms with Crippen LogP contribution in [0.3, 0.4) is 0 Å². The fourth-order valence-electron chi connectivity index (χ4n) is 2.09. The van der Waals surface area contributed by atoms with E-state index in [4.69, 9.17) is 5.73 Å². The monoisotopic (exact) mass is 289 g/mol. The zero-order chi connectivity index (χ0) is 14.5. The summed E-state index contributed by atoms with van der Waals surface area (Å²) < 4.78 is 23.1. The van der Waals surface area contributed by atoms with Crippen LogP contribution in [0.15, 0.2) is 4.99 Å². The molecule has 0 unspecified atom stereocenters. The Balaban J connectivity index is 2.39. The van der Waals surface area contributed by atoms with E-state index in [1.165, 1.54) is 19.3 Å². The van der Waals surface area contributed by atoms with Gasteiger partial charge in [-0.2, -0.15) is 0 Å². The summed E-state index contributed by atoms with van der Waals surface area (Å²) >= 11 is 0. The Morgan fingerprint density at radius 1 is 1.26 bits per heavy atom. The predicted molar refractivity (Wildman–Crippen MR) is 80.0 cm³/mol. The number of guanidine groups is 1. The van der Waals surface area contributed by atoms with Crippen LogP contribution in [0.4, 0.5) is 0 Å². The largest absolute Gasteiger partial charge is 0.370 e. The fourth-order valence-corrected chi connectivity index (χ4v) is 3.04. The Kier molecular flexibility index (Phi) is 5.64. The van der Waals surface area contributed by atoms with Crippen molar-refractivity contribution in [3.8, 4) is 0 Å². The van der Waals surface area contributed by atoms with E-state index in [2.05, 4.69) is 10.3 Å². The molecule has 1 saturated carbocycles. The van der Waals surface area contributed by atoms with Gasteiger partial charge in [-0.15, -0.1) is 0 Å². The van der Waals surface area contributed by atoms with Gasteiger partial charge >= 0.3 is 0 Å². The van der Waals surface area contributed by atoms with E-state index in [1.807, 2.05) is 0 Å². The van der Waals surface area contributed by atoms with Crippen molar-refractivity contribution >= 4 is 15.8 Å². The molecule has 1 aliphatic rings. The average molecular weight is 289 g/mol. The Hall–Kier alpha value is -0.780. The third-order valence-electron chi connectivity index (χ3n) is 3.53. The summed E-state index contributed by atoms with van der Waals surface area (Å²) in [6.45, 7) is 5.34. The average Bonchev–Trinajstić information content (AvgIpc) is 2.28. The van der Waals surface area contributed by atoms with Crippen molar-refractivity contribution in [3.05, 3.63) is 0 Å². The lowest BCUT2D eigenvalue weighted by atomic mass is 9.96. The van der Waals surface area contributed by atoms with E-state index in [0.29, 0.717) is 12.0 Å². The summed E-state index contributed by atoms with van der Waals surface area (Å²) in [5.41, 5.74) is 5.79. The van der Waals surface area contributed by atoms with Crippen molar-refractivity contribution in [1.82, 2.24) is 5.32 Å². The first-order valence-corrected chi connectivity index (χ1v) is 8.66. The number of sulfone groups is 1. The van der Waals surface area contributed by atoms with E-state index >= 15 is 0 Å². The van der Waals surface area contributed by atoms with Crippen LogP contribution in [-0.4, -0.2) is 37.5 Å². The summed E-state index contributed by atoms with van der Waals surface area (Å²) in [6.07, 6.45) is 5.98. The highest BCUT2D eigenvalue weighted by Gasteiger charge is 2.28. The zero-order valence-corrected chi connectivity index (χ0v) is 13.1. The molecule has 0 aromatic heterocycles. The van der Waals surface area contributed by atoms with E-state index in [1.54, 1.807) is 20.8 Å². The van der Waals surface area contributed by atoms with Gasteiger partial charge in [-0.05, 0) is 33.6 Å². The number of hydrogen-bond acceptors (Lipinski definition) is 3. The summed E-state index contributed by atoms with van der Waals surface area (Å²) in [6, 6.07) is 0.400. The predicted octanol–water partition coefficient (Wildman–Crippen LogP) is 1.44. The first-order valence-electron chi connectivity index (χ1n) is 7.01. The SMILES string of the molecule is CC(C)(C)S(=O)(=O)CCN=C(N)NC1CCCCC1. The number of aliphatic imine (C=N–C) groups is 1. The molecule has 0 atom stereocenters. The lowest BCUT2D eigenvalue weighted by Crippen LogP contribution is -2.41. The minimum absolute atomic E-state index is 0.0452. The minimum Gasteiger partial charge on any atom is -0.370 e. The molecule has 0 heterocycles. The molecule has 1 aliphatic carbocycles. The van der Waals surface area contributed by atoms with Gasteiger partial charge < -0.3 is 11.1 Å². The second-order valence-corrected chi connectivity index (χ2v) is 9.04. The lowest BCUT2D eigenvalue weighted by molar-refractivity contribution is 0.412. The second kappa shape index (κ2) is 6.59. The van der Waals surface area contributed by atoms with E-state index < -0.39 is 14.6 Å². The molecular weight excluding hydrogens is 262 g/mol. The molecule has 6 heteroatoms. The van der Waals surface area contributed by atoms with Crippen LogP contribution in [0.2, 0.25) is 0 Å². The van der Waals surface area contributed by atoms with Gasteiger partial charge in [0, 0.05) is 6.04 Å². The molecule has 0 bridgehead atoms. The number of rotatable bonds is 4. The summed E-state index contributed by atoms with van der Waals surface area (Å²) in [5, 5.41) is 3.18. The number of nitrogens with zero attached hydrogens (tertiary/aromatic N) is 1. The molecule has 0 radical (unpaired) electrons.